The van der Waals surface area contributed by atoms with Crippen LogP contribution in [0.15, 0.2) is 51.9 Å². The predicted octanol–water partition coefficient (Wildman–Crippen LogP) is 1.09. The molecule has 11 heteroatoms. The van der Waals surface area contributed by atoms with Gasteiger partial charge < -0.3 is 49.2 Å². The largest absolute Gasteiger partial charge is 0.507 e. The van der Waals surface area contributed by atoms with Crippen LogP contribution in [-0.2, 0) is 4.74 Å². The van der Waals surface area contributed by atoms with Gasteiger partial charge >= 0.3 is 0 Å². The average Bonchev–Trinajstić information content (AvgIpc) is 2.98. The molecular weight excluding hydrogens is 532 g/mol. The maximum atomic E-state index is 13.5. The van der Waals surface area contributed by atoms with E-state index in [0.29, 0.717) is 23.5 Å². The lowest BCUT2D eigenvalue weighted by molar-refractivity contribution is -0.231. The molecule has 0 saturated carbocycles. The zero-order valence-corrected chi connectivity index (χ0v) is 23.1. The van der Waals surface area contributed by atoms with Gasteiger partial charge in [-0.2, -0.15) is 0 Å². The van der Waals surface area contributed by atoms with Gasteiger partial charge in [0.15, 0.2) is 0 Å². The minimum Gasteiger partial charge on any atom is -0.507 e. The zero-order valence-electron chi connectivity index (χ0n) is 23.1. The Balaban J connectivity index is 1.27. The van der Waals surface area contributed by atoms with E-state index in [-0.39, 0.29) is 27.7 Å². The van der Waals surface area contributed by atoms with Gasteiger partial charge in [0.1, 0.15) is 53.9 Å². The number of phenolic OH excluding ortho intramolecular Hbond substituents is 1. The Morgan fingerprint density at radius 3 is 2.39 bits per heavy atom. The van der Waals surface area contributed by atoms with Gasteiger partial charge in [-0.05, 0) is 56.3 Å². The highest BCUT2D eigenvalue weighted by Crippen LogP contribution is 2.40. The van der Waals surface area contributed by atoms with E-state index in [4.69, 9.17) is 13.9 Å². The molecule has 2 aliphatic rings. The molecular formula is C30H38N2O9. The molecule has 0 spiro atoms. The standard InChI is InChI=1S/C30H38N2O9/c1-31-11-13-32(14-12-31)10-2-3-15-39-19-6-4-18(5-7-19)21-17-40-29-20(25(21)35)8-9-22(34)24(29)30-28(38)27(37)26(36)23(16-33)41-30/h4-9,17,23,26-28,30,33-34,36-38H,2-3,10-16H2,1H3/t23-,26-,27+,28-,30+/m1/s1. The number of unbranched alkanes of at least 4 members (excludes halogenated alkanes) is 1. The van der Waals surface area contributed by atoms with Crippen molar-refractivity contribution in [2.24, 2.45) is 0 Å². The molecule has 222 valence electrons. The Bertz CT molecular complexity index is 1370. The molecule has 1 aromatic heterocycles. The molecule has 0 unspecified atom stereocenters. The molecule has 5 rings (SSSR count). The third-order valence-electron chi connectivity index (χ3n) is 8.03. The Hall–Kier alpha value is -3.03. The lowest BCUT2D eigenvalue weighted by Gasteiger charge is -2.40. The van der Waals surface area contributed by atoms with Gasteiger partial charge in [-0.15, -0.1) is 0 Å². The molecule has 2 aliphatic heterocycles. The first-order valence-corrected chi connectivity index (χ1v) is 14.0. The Morgan fingerprint density at radius 1 is 0.951 bits per heavy atom. The fraction of sp³-hybridized carbons (Fsp3) is 0.500. The summed E-state index contributed by atoms with van der Waals surface area (Å²) >= 11 is 0. The maximum absolute atomic E-state index is 13.5. The van der Waals surface area contributed by atoms with Crippen molar-refractivity contribution in [2.45, 2.75) is 43.4 Å². The molecule has 11 nitrogen and oxygen atoms in total. The normalized spacial score (nSPS) is 25.9. The van der Waals surface area contributed by atoms with Crippen molar-refractivity contribution in [3.05, 3.63) is 58.4 Å². The first kappa shape index (κ1) is 29.5. The second-order valence-electron chi connectivity index (χ2n) is 10.8. The number of hydrogen-bond donors (Lipinski definition) is 5. The second-order valence-corrected chi connectivity index (χ2v) is 10.8. The van der Waals surface area contributed by atoms with Gasteiger partial charge in [-0.1, -0.05) is 12.1 Å². The van der Waals surface area contributed by atoms with Crippen LogP contribution < -0.4 is 10.2 Å². The second kappa shape index (κ2) is 12.9. The fourth-order valence-electron chi connectivity index (χ4n) is 5.46. The molecule has 0 aliphatic carbocycles. The fourth-order valence-corrected chi connectivity index (χ4v) is 5.46. The first-order chi connectivity index (χ1) is 19.8. The Kier molecular flexibility index (Phi) is 9.25. The summed E-state index contributed by atoms with van der Waals surface area (Å²) in [6.45, 7) is 5.49. The monoisotopic (exact) mass is 570 g/mol. The van der Waals surface area contributed by atoms with E-state index in [2.05, 4.69) is 16.8 Å². The number of aliphatic hydroxyl groups is 4. The molecule has 2 saturated heterocycles. The summed E-state index contributed by atoms with van der Waals surface area (Å²) in [5.41, 5.74) is 0.459. The van der Waals surface area contributed by atoms with E-state index in [1.165, 1.54) is 18.4 Å². The van der Waals surface area contributed by atoms with Crippen molar-refractivity contribution in [3.63, 3.8) is 0 Å². The highest BCUT2D eigenvalue weighted by atomic mass is 16.5. The van der Waals surface area contributed by atoms with E-state index < -0.39 is 37.1 Å². The van der Waals surface area contributed by atoms with E-state index >= 15 is 0 Å². The van der Waals surface area contributed by atoms with Crippen LogP contribution in [0.5, 0.6) is 11.5 Å². The maximum Gasteiger partial charge on any atom is 0.200 e. The minimum absolute atomic E-state index is 0.0281. The van der Waals surface area contributed by atoms with E-state index in [0.717, 1.165) is 45.6 Å². The average molecular weight is 571 g/mol. The third-order valence-corrected chi connectivity index (χ3v) is 8.03. The number of nitrogens with zero attached hydrogens (tertiary/aromatic N) is 2. The van der Waals surface area contributed by atoms with Crippen molar-refractivity contribution in [1.29, 1.82) is 0 Å². The SMILES string of the molecule is CN1CCN(CCCCOc2ccc(-c3coc4c([C@@H]5O[C@H](CO)[C@@H](O)[C@H](O)[C@H]5O)c(O)ccc4c3=O)cc2)CC1. The number of fused-ring (bicyclic) bond motifs is 1. The number of phenols is 1. The van der Waals surface area contributed by atoms with Crippen LogP contribution in [0.3, 0.4) is 0 Å². The molecule has 41 heavy (non-hydrogen) atoms. The molecule has 0 radical (unpaired) electrons. The number of aliphatic hydroxyl groups excluding tert-OH is 4. The summed E-state index contributed by atoms with van der Waals surface area (Å²) < 4.78 is 17.3. The first-order valence-electron chi connectivity index (χ1n) is 14.0. The molecule has 0 bridgehead atoms. The molecule has 3 heterocycles. The summed E-state index contributed by atoms with van der Waals surface area (Å²) in [7, 11) is 2.15. The van der Waals surface area contributed by atoms with Gasteiger partial charge in [0.25, 0.3) is 0 Å². The summed E-state index contributed by atoms with van der Waals surface area (Å²) in [5, 5.41) is 51.2. The van der Waals surface area contributed by atoms with Gasteiger partial charge in [0.05, 0.1) is 29.7 Å². The number of piperazine rings is 1. The van der Waals surface area contributed by atoms with Crippen molar-refractivity contribution in [3.8, 4) is 22.6 Å². The highest BCUT2D eigenvalue weighted by molar-refractivity contribution is 5.86. The van der Waals surface area contributed by atoms with Crippen molar-refractivity contribution < 1.29 is 39.4 Å². The summed E-state index contributed by atoms with van der Waals surface area (Å²) in [5.74, 6) is 0.371. The molecule has 3 aromatic rings. The third kappa shape index (κ3) is 6.26. The van der Waals surface area contributed by atoms with Crippen LogP contribution in [0.25, 0.3) is 22.1 Å². The lowest BCUT2D eigenvalue weighted by Crippen LogP contribution is -2.55. The van der Waals surface area contributed by atoms with Crippen LogP contribution in [0.4, 0.5) is 0 Å². The topological polar surface area (TPSA) is 156 Å². The summed E-state index contributed by atoms with van der Waals surface area (Å²) in [4.78, 5) is 18.3. The zero-order chi connectivity index (χ0) is 29.1. The number of ether oxygens (including phenoxy) is 2. The quantitative estimate of drug-likeness (QED) is 0.235. The smallest absolute Gasteiger partial charge is 0.200 e. The Labute approximate surface area is 237 Å². The number of hydrogen-bond acceptors (Lipinski definition) is 11. The van der Waals surface area contributed by atoms with Gasteiger partial charge in [0, 0.05) is 26.2 Å². The summed E-state index contributed by atoms with van der Waals surface area (Å²) in [6, 6.07) is 9.84. The number of benzene rings is 2. The van der Waals surface area contributed by atoms with E-state index in [9.17, 15) is 30.3 Å². The molecule has 2 fully saturated rings. The minimum atomic E-state index is -1.65. The molecule has 0 amide bonds. The number of rotatable bonds is 9. The van der Waals surface area contributed by atoms with Gasteiger partial charge in [0.2, 0.25) is 5.43 Å². The van der Waals surface area contributed by atoms with Gasteiger partial charge in [-0.3, -0.25) is 4.79 Å². The van der Waals surface area contributed by atoms with Crippen molar-refractivity contribution in [2.75, 3.05) is 53.0 Å². The number of aromatic hydroxyl groups is 1. The van der Waals surface area contributed by atoms with E-state index in [1.54, 1.807) is 24.3 Å². The van der Waals surface area contributed by atoms with E-state index in [1.807, 2.05) is 0 Å². The van der Waals surface area contributed by atoms with Crippen molar-refractivity contribution >= 4 is 11.0 Å². The van der Waals surface area contributed by atoms with Gasteiger partial charge in [-0.25, -0.2) is 0 Å². The molecule has 5 atom stereocenters. The highest BCUT2D eigenvalue weighted by Gasteiger charge is 2.45. The van der Waals surface area contributed by atoms with Crippen LogP contribution >= 0.6 is 0 Å². The van der Waals surface area contributed by atoms with Crippen molar-refractivity contribution in [1.82, 2.24) is 9.80 Å². The van der Waals surface area contributed by atoms with Crippen LogP contribution in [0.2, 0.25) is 0 Å². The van der Waals surface area contributed by atoms with Crippen LogP contribution in [-0.4, -0.2) is 113 Å². The number of likely N-dealkylation sites (N-methyl/N-ethyl adjacent to an activating group) is 1. The predicted molar refractivity (Wildman–Crippen MR) is 151 cm³/mol. The summed E-state index contributed by atoms with van der Waals surface area (Å²) in [6.07, 6.45) is -4.11. The molecule has 5 N–H and O–H groups in total. The lowest BCUT2D eigenvalue weighted by atomic mass is 9.89. The van der Waals surface area contributed by atoms with Crippen LogP contribution in [0.1, 0.15) is 24.5 Å². The van der Waals surface area contributed by atoms with Crippen LogP contribution in [0, 0.1) is 0 Å². The molecule has 2 aromatic carbocycles. The Morgan fingerprint density at radius 2 is 1.68 bits per heavy atom.